The molecule has 0 radical (unpaired) electrons. The summed E-state index contributed by atoms with van der Waals surface area (Å²) in [5.74, 6) is 0. The van der Waals surface area contributed by atoms with E-state index in [0.29, 0.717) is 13.2 Å². The summed E-state index contributed by atoms with van der Waals surface area (Å²) in [4.78, 5) is 10.7. The van der Waals surface area contributed by atoms with Crippen molar-refractivity contribution in [2.24, 2.45) is 0 Å². The first kappa shape index (κ1) is 17.4. The lowest BCUT2D eigenvalue weighted by Crippen LogP contribution is -2.11. The Morgan fingerprint density at radius 3 is 2.19 bits per heavy atom. The molecule has 2 N–H and O–H groups in total. The van der Waals surface area contributed by atoms with Crippen molar-refractivity contribution in [3.05, 3.63) is 34.9 Å². The van der Waals surface area contributed by atoms with E-state index in [4.69, 9.17) is 14.9 Å². The van der Waals surface area contributed by atoms with E-state index in [1.165, 1.54) is 7.11 Å². The van der Waals surface area contributed by atoms with E-state index < -0.39 is 6.16 Å². The highest BCUT2D eigenvalue weighted by Gasteiger charge is 2.02. The van der Waals surface area contributed by atoms with Crippen LogP contribution < -0.4 is 0 Å². The number of aliphatic hydroxyl groups excluding tert-OH is 2. The van der Waals surface area contributed by atoms with E-state index in [1.54, 1.807) is 6.07 Å². The second kappa shape index (κ2) is 10.1. The minimum Gasteiger partial charge on any atom is -0.438 e. The smallest absolute Gasteiger partial charge is 0.438 e. The Morgan fingerprint density at radius 1 is 1.00 bits per heavy atom. The van der Waals surface area contributed by atoms with Crippen molar-refractivity contribution in [1.82, 2.24) is 0 Å². The summed E-state index contributed by atoms with van der Waals surface area (Å²) >= 11 is 0. The molecule has 0 fully saturated rings. The number of hydrogen-bond acceptors (Lipinski definition) is 6. The first-order valence-electron chi connectivity index (χ1n) is 6.81. The summed E-state index contributed by atoms with van der Waals surface area (Å²) in [6.07, 6.45) is 0.882. The maximum atomic E-state index is 10.7. The number of aliphatic hydroxyl groups is 2. The van der Waals surface area contributed by atoms with Crippen LogP contribution >= 0.6 is 0 Å². The van der Waals surface area contributed by atoms with Gasteiger partial charge < -0.3 is 24.4 Å². The SMILES string of the molecule is COC(=O)OCCOCCCc1cc(CO)cc(CO)c1. The van der Waals surface area contributed by atoms with Crippen molar-refractivity contribution in [1.29, 1.82) is 0 Å². The molecule has 0 saturated carbocycles. The number of benzene rings is 1. The van der Waals surface area contributed by atoms with Gasteiger partial charge in [-0.2, -0.15) is 0 Å². The van der Waals surface area contributed by atoms with E-state index in [0.717, 1.165) is 29.5 Å². The van der Waals surface area contributed by atoms with Crippen LogP contribution in [0.25, 0.3) is 0 Å². The molecule has 1 aromatic rings. The molecule has 6 nitrogen and oxygen atoms in total. The summed E-state index contributed by atoms with van der Waals surface area (Å²) in [5, 5.41) is 18.3. The van der Waals surface area contributed by atoms with Gasteiger partial charge in [0.1, 0.15) is 6.61 Å². The molecule has 0 aliphatic carbocycles. The average molecular weight is 298 g/mol. The quantitative estimate of drug-likeness (QED) is 0.529. The molecule has 0 saturated heterocycles. The average Bonchev–Trinajstić information content (AvgIpc) is 2.53. The molecule has 0 unspecified atom stereocenters. The molecule has 21 heavy (non-hydrogen) atoms. The third-order valence-electron chi connectivity index (χ3n) is 2.85. The number of rotatable bonds is 9. The van der Waals surface area contributed by atoms with Crippen molar-refractivity contribution in [2.45, 2.75) is 26.1 Å². The minimum absolute atomic E-state index is 0.0395. The molecular formula is C15H22O6. The molecule has 118 valence electrons. The third-order valence-corrected chi connectivity index (χ3v) is 2.85. The van der Waals surface area contributed by atoms with Crippen molar-refractivity contribution >= 4 is 6.16 Å². The second-order valence-corrected chi connectivity index (χ2v) is 4.49. The first-order valence-corrected chi connectivity index (χ1v) is 6.81. The lowest BCUT2D eigenvalue weighted by atomic mass is 10.0. The molecule has 0 heterocycles. The van der Waals surface area contributed by atoms with Gasteiger partial charge >= 0.3 is 6.16 Å². The first-order chi connectivity index (χ1) is 10.2. The fourth-order valence-corrected chi connectivity index (χ4v) is 1.89. The van der Waals surface area contributed by atoms with Crippen LogP contribution in [0.15, 0.2) is 18.2 Å². The predicted octanol–water partition coefficient (Wildman–Crippen LogP) is 1.40. The molecular weight excluding hydrogens is 276 g/mol. The van der Waals surface area contributed by atoms with Gasteiger partial charge in [0.25, 0.3) is 0 Å². The predicted molar refractivity (Wildman–Crippen MR) is 75.8 cm³/mol. The molecule has 0 aromatic heterocycles. The van der Waals surface area contributed by atoms with Gasteiger partial charge in [0.05, 0.1) is 26.9 Å². The van der Waals surface area contributed by atoms with Crippen LogP contribution in [0.5, 0.6) is 0 Å². The van der Waals surface area contributed by atoms with Gasteiger partial charge in [-0.15, -0.1) is 0 Å². The zero-order chi connectivity index (χ0) is 15.5. The van der Waals surface area contributed by atoms with Gasteiger partial charge in [0.15, 0.2) is 0 Å². The summed E-state index contributed by atoms with van der Waals surface area (Å²) in [5.41, 5.74) is 2.65. The van der Waals surface area contributed by atoms with E-state index in [-0.39, 0.29) is 19.8 Å². The largest absolute Gasteiger partial charge is 0.508 e. The minimum atomic E-state index is -0.712. The topological polar surface area (TPSA) is 85.2 Å². The van der Waals surface area contributed by atoms with Gasteiger partial charge in [0.2, 0.25) is 0 Å². The third kappa shape index (κ3) is 7.08. The van der Waals surface area contributed by atoms with Gasteiger partial charge in [-0.1, -0.05) is 18.2 Å². The van der Waals surface area contributed by atoms with Crippen LogP contribution in [-0.4, -0.2) is 43.3 Å². The molecule has 6 heteroatoms. The number of methoxy groups -OCH3 is 1. The van der Waals surface area contributed by atoms with Crippen LogP contribution in [0, 0.1) is 0 Å². The van der Waals surface area contributed by atoms with Crippen LogP contribution in [0.1, 0.15) is 23.1 Å². The lowest BCUT2D eigenvalue weighted by molar-refractivity contribution is 0.0371. The molecule has 0 atom stereocenters. The summed E-state index contributed by atoms with van der Waals surface area (Å²) < 4.78 is 14.3. The lowest BCUT2D eigenvalue weighted by Gasteiger charge is -2.08. The number of ether oxygens (including phenoxy) is 3. The highest BCUT2D eigenvalue weighted by atomic mass is 16.7. The molecule has 0 spiro atoms. The maximum absolute atomic E-state index is 10.7. The Hall–Kier alpha value is -1.63. The Bertz CT molecular complexity index is 410. The summed E-state index contributed by atoms with van der Waals surface area (Å²) in [6.45, 7) is 0.960. The summed E-state index contributed by atoms with van der Waals surface area (Å²) in [7, 11) is 1.25. The van der Waals surface area contributed by atoms with Crippen molar-refractivity contribution < 1.29 is 29.2 Å². The zero-order valence-corrected chi connectivity index (χ0v) is 12.2. The fourth-order valence-electron chi connectivity index (χ4n) is 1.89. The Labute approximate surface area is 124 Å². The number of carbonyl (C=O) groups is 1. The Morgan fingerprint density at radius 2 is 1.62 bits per heavy atom. The molecule has 1 aromatic carbocycles. The molecule has 1 rings (SSSR count). The van der Waals surface area contributed by atoms with Gasteiger partial charge in [-0.05, 0) is 29.5 Å². The monoisotopic (exact) mass is 298 g/mol. The van der Waals surface area contributed by atoms with Crippen LogP contribution in [0.3, 0.4) is 0 Å². The van der Waals surface area contributed by atoms with E-state index >= 15 is 0 Å². The fraction of sp³-hybridized carbons (Fsp3) is 0.533. The van der Waals surface area contributed by atoms with Gasteiger partial charge in [-0.3, -0.25) is 0 Å². The van der Waals surface area contributed by atoms with E-state index in [9.17, 15) is 4.79 Å². The van der Waals surface area contributed by atoms with Crippen LogP contribution in [0.2, 0.25) is 0 Å². The Kier molecular flexibility index (Phi) is 8.42. The second-order valence-electron chi connectivity index (χ2n) is 4.49. The number of carbonyl (C=O) groups excluding carboxylic acids is 1. The molecule has 0 aliphatic heterocycles. The standard InChI is InChI=1S/C15H22O6/c1-19-15(18)21-6-5-20-4-2-3-12-7-13(10-16)9-14(8-12)11-17/h7-9,16-17H,2-6,10-11H2,1H3. The van der Waals surface area contributed by atoms with Crippen molar-refractivity contribution in [3.8, 4) is 0 Å². The van der Waals surface area contributed by atoms with Crippen molar-refractivity contribution in [2.75, 3.05) is 26.9 Å². The maximum Gasteiger partial charge on any atom is 0.508 e. The van der Waals surface area contributed by atoms with E-state index in [2.05, 4.69) is 9.47 Å². The van der Waals surface area contributed by atoms with Crippen LogP contribution in [-0.2, 0) is 33.8 Å². The number of hydrogen-bond donors (Lipinski definition) is 2. The highest BCUT2D eigenvalue weighted by Crippen LogP contribution is 2.12. The summed E-state index contributed by atoms with van der Waals surface area (Å²) in [6, 6.07) is 5.61. The van der Waals surface area contributed by atoms with E-state index in [1.807, 2.05) is 12.1 Å². The van der Waals surface area contributed by atoms with Crippen molar-refractivity contribution in [3.63, 3.8) is 0 Å². The molecule has 0 aliphatic rings. The molecule has 0 amide bonds. The van der Waals surface area contributed by atoms with Gasteiger partial charge in [0, 0.05) is 6.61 Å². The van der Waals surface area contributed by atoms with Gasteiger partial charge in [-0.25, -0.2) is 4.79 Å². The van der Waals surface area contributed by atoms with Crippen LogP contribution in [0.4, 0.5) is 4.79 Å². The highest BCUT2D eigenvalue weighted by molar-refractivity contribution is 5.59. The normalized spacial score (nSPS) is 10.4. The molecule has 0 bridgehead atoms. The zero-order valence-electron chi connectivity index (χ0n) is 12.2. The number of aryl methyl sites for hydroxylation is 1. The Balaban J connectivity index is 2.22.